The summed E-state index contributed by atoms with van der Waals surface area (Å²) in [6.07, 6.45) is 0.560. The van der Waals surface area contributed by atoms with Crippen LogP contribution in [0.4, 0.5) is 4.79 Å². The standard InChI is InChI=1S/C19H20N2O7/c1-24-14-8-6-13(10-17(14)26-3)18(22)21-20-11-12-5-7-15(16(9-12)25-2)28-19(23)27-4/h5-11H,1-4H3,(H,21,22)/b20-11+. The van der Waals surface area contributed by atoms with E-state index < -0.39 is 12.1 Å². The molecule has 148 valence electrons. The van der Waals surface area contributed by atoms with E-state index in [2.05, 4.69) is 15.3 Å². The number of benzene rings is 2. The Morgan fingerprint density at radius 2 is 1.50 bits per heavy atom. The van der Waals surface area contributed by atoms with Crippen LogP contribution in [0.25, 0.3) is 0 Å². The second-order valence-corrected chi connectivity index (χ2v) is 5.24. The number of hydrazone groups is 1. The van der Waals surface area contributed by atoms with Crippen molar-refractivity contribution in [3.05, 3.63) is 47.5 Å². The molecule has 1 amide bonds. The Morgan fingerprint density at radius 1 is 0.857 bits per heavy atom. The molecule has 2 rings (SSSR count). The first-order valence-electron chi connectivity index (χ1n) is 8.01. The van der Waals surface area contributed by atoms with Crippen molar-refractivity contribution < 1.29 is 33.3 Å². The summed E-state index contributed by atoms with van der Waals surface area (Å²) in [4.78, 5) is 23.4. The molecular weight excluding hydrogens is 368 g/mol. The molecule has 0 heterocycles. The second kappa shape index (κ2) is 9.81. The molecule has 0 bridgehead atoms. The number of methoxy groups -OCH3 is 4. The highest BCUT2D eigenvalue weighted by atomic mass is 16.7. The van der Waals surface area contributed by atoms with Gasteiger partial charge in [0.15, 0.2) is 23.0 Å². The number of rotatable bonds is 7. The fraction of sp³-hybridized carbons (Fsp3) is 0.211. The molecular formula is C19H20N2O7. The molecule has 0 aliphatic heterocycles. The molecule has 0 radical (unpaired) electrons. The number of hydrogen-bond donors (Lipinski definition) is 1. The van der Waals surface area contributed by atoms with Gasteiger partial charge in [-0.3, -0.25) is 4.79 Å². The normalized spacial score (nSPS) is 10.3. The Kier molecular flexibility index (Phi) is 7.21. The first kappa shape index (κ1) is 20.6. The van der Waals surface area contributed by atoms with Gasteiger partial charge in [0, 0.05) is 5.56 Å². The lowest BCUT2D eigenvalue weighted by Gasteiger charge is -2.09. The topological polar surface area (TPSA) is 105 Å². The number of carbonyl (C=O) groups excluding carboxylic acids is 2. The molecule has 0 spiro atoms. The molecule has 0 atom stereocenters. The maximum atomic E-state index is 12.2. The number of hydrogen-bond acceptors (Lipinski definition) is 8. The Hall–Kier alpha value is -3.75. The van der Waals surface area contributed by atoms with Crippen molar-refractivity contribution in [3.63, 3.8) is 0 Å². The first-order valence-corrected chi connectivity index (χ1v) is 8.01. The SMILES string of the molecule is COC(=O)Oc1ccc(/C=N/NC(=O)c2ccc(OC)c(OC)c2)cc1OC. The van der Waals surface area contributed by atoms with Crippen molar-refractivity contribution in [3.8, 4) is 23.0 Å². The lowest BCUT2D eigenvalue weighted by atomic mass is 10.2. The van der Waals surface area contributed by atoms with E-state index >= 15 is 0 Å². The lowest BCUT2D eigenvalue weighted by Crippen LogP contribution is -2.17. The second-order valence-electron chi connectivity index (χ2n) is 5.24. The fourth-order valence-electron chi connectivity index (χ4n) is 2.19. The Labute approximate surface area is 161 Å². The number of ether oxygens (including phenoxy) is 5. The maximum absolute atomic E-state index is 12.2. The molecule has 2 aromatic carbocycles. The lowest BCUT2D eigenvalue weighted by molar-refractivity contribution is 0.0954. The zero-order chi connectivity index (χ0) is 20.5. The summed E-state index contributed by atoms with van der Waals surface area (Å²) in [6, 6.07) is 9.51. The third-order valence-electron chi connectivity index (χ3n) is 3.57. The average Bonchev–Trinajstić information content (AvgIpc) is 2.73. The van der Waals surface area contributed by atoms with Crippen LogP contribution in [0.1, 0.15) is 15.9 Å². The molecule has 9 nitrogen and oxygen atoms in total. The van der Waals surface area contributed by atoms with Crippen LogP contribution in [-0.2, 0) is 4.74 Å². The minimum absolute atomic E-state index is 0.195. The molecule has 1 N–H and O–H groups in total. The highest BCUT2D eigenvalue weighted by Gasteiger charge is 2.11. The molecule has 0 aliphatic carbocycles. The molecule has 0 unspecified atom stereocenters. The van der Waals surface area contributed by atoms with Crippen LogP contribution in [0, 0.1) is 0 Å². The molecule has 0 aliphatic rings. The van der Waals surface area contributed by atoms with Gasteiger partial charge in [-0.2, -0.15) is 5.10 Å². The summed E-state index contributed by atoms with van der Waals surface area (Å²) in [5.41, 5.74) is 3.39. The minimum Gasteiger partial charge on any atom is -0.493 e. The average molecular weight is 388 g/mol. The summed E-state index contributed by atoms with van der Waals surface area (Å²) in [5.74, 6) is 1.03. The third kappa shape index (κ3) is 5.13. The van der Waals surface area contributed by atoms with Crippen molar-refractivity contribution in [1.29, 1.82) is 0 Å². The van der Waals surface area contributed by atoms with E-state index in [1.165, 1.54) is 40.7 Å². The zero-order valence-electron chi connectivity index (χ0n) is 15.8. The van der Waals surface area contributed by atoms with Crippen LogP contribution in [0.2, 0.25) is 0 Å². The van der Waals surface area contributed by atoms with E-state index in [9.17, 15) is 9.59 Å². The highest BCUT2D eigenvalue weighted by Crippen LogP contribution is 2.28. The van der Waals surface area contributed by atoms with Crippen LogP contribution < -0.4 is 24.4 Å². The predicted octanol–water partition coefficient (Wildman–Crippen LogP) is 2.62. The molecule has 0 saturated carbocycles. The Balaban J connectivity index is 2.07. The molecule has 0 saturated heterocycles. The van der Waals surface area contributed by atoms with Gasteiger partial charge in [-0.05, 0) is 42.0 Å². The van der Waals surface area contributed by atoms with Crippen molar-refractivity contribution in [2.75, 3.05) is 28.4 Å². The Morgan fingerprint density at radius 3 is 2.14 bits per heavy atom. The zero-order valence-corrected chi connectivity index (χ0v) is 15.8. The number of nitrogens with zero attached hydrogens (tertiary/aromatic N) is 1. The predicted molar refractivity (Wildman–Crippen MR) is 101 cm³/mol. The summed E-state index contributed by atoms with van der Waals surface area (Å²) >= 11 is 0. The summed E-state index contributed by atoms with van der Waals surface area (Å²) < 4.78 is 24.9. The molecule has 9 heteroatoms. The van der Waals surface area contributed by atoms with E-state index in [0.717, 1.165) is 0 Å². The van der Waals surface area contributed by atoms with Crippen LogP contribution in [0.15, 0.2) is 41.5 Å². The summed E-state index contributed by atoms with van der Waals surface area (Å²) in [7, 11) is 5.63. The van der Waals surface area contributed by atoms with Crippen LogP contribution >= 0.6 is 0 Å². The molecule has 28 heavy (non-hydrogen) atoms. The number of nitrogens with one attached hydrogen (secondary N) is 1. The van der Waals surface area contributed by atoms with Crippen LogP contribution in [0.3, 0.4) is 0 Å². The van der Waals surface area contributed by atoms with E-state index in [1.54, 1.807) is 30.3 Å². The first-order chi connectivity index (χ1) is 13.5. The van der Waals surface area contributed by atoms with Gasteiger partial charge in [-0.25, -0.2) is 10.2 Å². The van der Waals surface area contributed by atoms with Crippen molar-refractivity contribution in [2.45, 2.75) is 0 Å². The molecule has 2 aromatic rings. The van der Waals surface area contributed by atoms with Gasteiger partial charge >= 0.3 is 6.16 Å². The largest absolute Gasteiger partial charge is 0.513 e. The third-order valence-corrected chi connectivity index (χ3v) is 3.57. The van der Waals surface area contributed by atoms with Gasteiger partial charge < -0.3 is 23.7 Å². The quantitative estimate of drug-likeness (QED) is 0.336. The van der Waals surface area contributed by atoms with E-state index in [4.69, 9.17) is 18.9 Å². The van der Waals surface area contributed by atoms with Crippen molar-refractivity contribution in [2.24, 2.45) is 5.10 Å². The molecule has 0 aromatic heterocycles. The fourth-order valence-corrected chi connectivity index (χ4v) is 2.19. The van der Waals surface area contributed by atoms with E-state index in [0.29, 0.717) is 28.4 Å². The van der Waals surface area contributed by atoms with Gasteiger partial charge in [0.05, 0.1) is 34.7 Å². The van der Waals surface area contributed by atoms with E-state index in [-0.39, 0.29) is 5.75 Å². The van der Waals surface area contributed by atoms with Crippen LogP contribution in [0.5, 0.6) is 23.0 Å². The van der Waals surface area contributed by atoms with E-state index in [1.807, 2.05) is 0 Å². The van der Waals surface area contributed by atoms with Crippen LogP contribution in [-0.4, -0.2) is 46.7 Å². The molecule has 0 fully saturated rings. The summed E-state index contributed by atoms with van der Waals surface area (Å²) in [5, 5.41) is 3.91. The smallest absolute Gasteiger partial charge is 0.493 e. The number of carbonyl (C=O) groups is 2. The monoisotopic (exact) mass is 388 g/mol. The summed E-state index contributed by atoms with van der Waals surface area (Å²) in [6.45, 7) is 0. The van der Waals surface area contributed by atoms with Gasteiger partial charge in [0.25, 0.3) is 5.91 Å². The van der Waals surface area contributed by atoms with Crippen molar-refractivity contribution in [1.82, 2.24) is 5.43 Å². The van der Waals surface area contributed by atoms with Gasteiger partial charge in [-0.1, -0.05) is 0 Å². The van der Waals surface area contributed by atoms with Gasteiger partial charge in [0.2, 0.25) is 0 Å². The highest BCUT2D eigenvalue weighted by molar-refractivity contribution is 5.95. The van der Waals surface area contributed by atoms with Gasteiger partial charge in [0.1, 0.15) is 0 Å². The minimum atomic E-state index is -0.859. The maximum Gasteiger partial charge on any atom is 0.513 e. The van der Waals surface area contributed by atoms with Gasteiger partial charge in [-0.15, -0.1) is 0 Å². The Bertz CT molecular complexity index is 881. The number of amides is 1. The van der Waals surface area contributed by atoms with Crippen molar-refractivity contribution >= 4 is 18.3 Å².